The summed E-state index contributed by atoms with van der Waals surface area (Å²) in [6.45, 7) is 1.12. The molecule has 0 bridgehead atoms. The van der Waals surface area contributed by atoms with Crippen LogP contribution in [0.4, 0.5) is 0 Å². The zero-order chi connectivity index (χ0) is 29.6. The van der Waals surface area contributed by atoms with E-state index in [0.717, 1.165) is 11.1 Å². The standard InChI is InChI=1S/C28H36ClN5O6S/c29-22-9-8-20(15-30)21(13-22)16-31-27(37)25-7-4-11-34(25)28(38)24(14-26(36)33-12-10-23(35)17-33)32-41(39,40)18-19-5-2-1-3-6-19/h1-3,5-6,8-9,13,23-25,32,35H,4,7,10-12,14-18,30H2,(H,31,37). The Morgan fingerprint density at radius 2 is 1.83 bits per heavy atom. The highest BCUT2D eigenvalue weighted by atomic mass is 35.5. The van der Waals surface area contributed by atoms with Crippen molar-refractivity contribution in [2.24, 2.45) is 5.73 Å². The second-order valence-electron chi connectivity index (χ2n) is 10.4. The molecule has 3 amide bonds. The van der Waals surface area contributed by atoms with Gasteiger partial charge in [0, 0.05) is 37.7 Å². The molecule has 3 atom stereocenters. The average Bonchev–Trinajstić information content (AvgIpc) is 3.61. The minimum absolute atomic E-state index is 0.125. The normalized spacial score (nSPS) is 19.8. The van der Waals surface area contributed by atoms with Crippen molar-refractivity contribution in [3.05, 3.63) is 70.2 Å². The molecule has 2 saturated heterocycles. The molecule has 2 aliphatic rings. The summed E-state index contributed by atoms with van der Waals surface area (Å²) in [5, 5.41) is 13.2. The number of likely N-dealkylation sites (tertiary alicyclic amines) is 2. The molecule has 0 radical (unpaired) electrons. The molecule has 0 saturated carbocycles. The Morgan fingerprint density at radius 3 is 2.51 bits per heavy atom. The lowest BCUT2D eigenvalue weighted by atomic mass is 10.1. The predicted molar refractivity (Wildman–Crippen MR) is 154 cm³/mol. The number of benzene rings is 2. The summed E-state index contributed by atoms with van der Waals surface area (Å²) in [5.74, 6) is -1.85. The van der Waals surface area contributed by atoms with Crippen LogP contribution in [0, 0.1) is 0 Å². The number of amides is 3. The van der Waals surface area contributed by atoms with Gasteiger partial charge in [0.15, 0.2) is 0 Å². The summed E-state index contributed by atoms with van der Waals surface area (Å²) >= 11 is 6.11. The van der Waals surface area contributed by atoms with Gasteiger partial charge in [0.25, 0.3) is 0 Å². The molecule has 0 spiro atoms. The van der Waals surface area contributed by atoms with Crippen molar-refractivity contribution in [3.8, 4) is 0 Å². The van der Waals surface area contributed by atoms with Crippen molar-refractivity contribution in [1.82, 2.24) is 19.8 Å². The van der Waals surface area contributed by atoms with Crippen molar-refractivity contribution < 1.29 is 27.9 Å². The van der Waals surface area contributed by atoms with Crippen molar-refractivity contribution in [2.45, 2.75) is 62.7 Å². The molecule has 2 heterocycles. The summed E-state index contributed by atoms with van der Waals surface area (Å²) in [4.78, 5) is 42.8. The van der Waals surface area contributed by atoms with Crippen molar-refractivity contribution >= 4 is 39.3 Å². The largest absolute Gasteiger partial charge is 0.391 e. The number of nitrogens with two attached hydrogens (primary N) is 1. The highest BCUT2D eigenvalue weighted by molar-refractivity contribution is 7.88. The molecule has 5 N–H and O–H groups in total. The van der Waals surface area contributed by atoms with Crippen LogP contribution in [-0.2, 0) is 43.2 Å². The van der Waals surface area contributed by atoms with E-state index in [1.807, 2.05) is 0 Å². The van der Waals surface area contributed by atoms with E-state index in [4.69, 9.17) is 17.3 Å². The van der Waals surface area contributed by atoms with Gasteiger partial charge in [-0.3, -0.25) is 14.4 Å². The Balaban J connectivity index is 1.49. The van der Waals surface area contributed by atoms with E-state index in [0.29, 0.717) is 36.4 Å². The number of rotatable bonds is 11. The first kappa shape index (κ1) is 30.9. The zero-order valence-corrected chi connectivity index (χ0v) is 24.2. The number of hydrogen-bond acceptors (Lipinski definition) is 7. The third-order valence-electron chi connectivity index (χ3n) is 7.39. The molecule has 2 aliphatic heterocycles. The quantitative estimate of drug-likeness (QED) is 0.295. The Morgan fingerprint density at radius 1 is 1.07 bits per heavy atom. The fourth-order valence-electron chi connectivity index (χ4n) is 5.27. The van der Waals surface area contributed by atoms with Gasteiger partial charge in [0.2, 0.25) is 27.7 Å². The van der Waals surface area contributed by atoms with Gasteiger partial charge in [-0.25, -0.2) is 13.1 Å². The molecule has 2 aromatic rings. The molecule has 13 heteroatoms. The van der Waals surface area contributed by atoms with E-state index in [2.05, 4.69) is 10.0 Å². The highest BCUT2D eigenvalue weighted by Crippen LogP contribution is 2.22. The number of aliphatic hydroxyl groups excluding tert-OH is 1. The summed E-state index contributed by atoms with van der Waals surface area (Å²) < 4.78 is 28.6. The number of halogens is 1. The first-order chi connectivity index (χ1) is 19.6. The molecule has 0 aromatic heterocycles. The molecule has 0 aliphatic carbocycles. The Hall–Kier alpha value is -3.03. The summed E-state index contributed by atoms with van der Waals surface area (Å²) in [7, 11) is -4.03. The lowest BCUT2D eigenvalue weighted by molar-refractivity contribution is -0.142. The van der Waals surface area contributed by atoms with E-state index >= 15 is 0 Å². The monoisotopic (exact) mass is 605 g/mol. The molecule has 2 fully saturated rings. The van der Waals surface area contributed by atoms with Crippen LogP contribution in [-0.4, -0.2) is 78.9 Å². The summed E-state index contributed by atoms with van der Waals surface area (Å²) in [5.41, 5.74) is 7.92. The number of carbonyl (C=O) groups excluding carboxylic acids is 3. The third kappa shape index (κ3) is 8.26. The van der Waals surface area contributed by atoms with Crippen molar-refractivity contribution in [3.63, 3.8) is 0 Å². The molecular weight excluding hydrogens is 570 g/mol. The van der Waals surface area contributed by atoms with E-state index in [1.54, 1.807) is 48.5 Å². The lowest BCUT2D eigenvalue weighted by Gasteiger charge is -2.29. The van der Waals surface area contributed by atoms with Crippen LogP contribution in [0.2, 0.25) is 5.02 Å². The van der Waals surface area contributed by atoms with Crippen molar-refractivity contribution in [1.29, 1.82) is 0 Å². The maximum Gasteiger partial charge on any atom is 0.243 e. The Kier molecular flexibility index (Phi) is 10.4. The second-order valence-corrected chi connectivity index (χ2v) is 12.6. The molecule has 3 unspecified atom stereocenters. The maximum absolute atomic E-state index is 13.8. The lowest BCUT2D eigenvalue weighted by Crippen LogP contribution is -2.54. The van der Waals surface area contributed by atoms with E-state index in [-0.39, 0.29) is 31.9 Å². The van der Waals surface area contributed by atoms with Gasteiger partial charge < -0.3 is 26.0 Å². The molecule has 41 heavy (non-hydrogen) atoms. The minimum Gasteiger partial charge on any atom is -0.391 e. The summed E-state index contributed by atoms with van der Waals surface area (Å²) in [6, 6.07) is 11.5. The first-order valence-electron chi connectivity index (χ1n) is 13.6. The number of aliphatic hydroxyl groups is 1. The smallest absolute Gasteiger partial charge is 0.243 e. The number of nitrogens with zero attached hydrogens (tertiary/aromatic N) is 2. The van der Waals surface area contributed by atoms with Gasteiger partial charge in [-0.1, -0.05) is 48.0 Å². The van der Waals surface area contributed by atoms with Crippen LogP contribution >= 0.6 is 11.6 Å². The Labute approximate surface area is 245 Å². The molecule has 4 rings (SSSR count). The highest BCUT2D eigenvalue weighted by Gasteiger charge is 2.40. The van der Waals surface area contributed by atoms with Gasteiger partial charge in [-0.2, -0.15) is 0 Å². The summed E-state index contributed by atoms with van der Waals surface area (Å²) in [6.07, 6.45) is 0.273. The molecule has 2 aromatic carbocycles. The fourth-order valence-corrected chi connectivity index (χ4v) is 6.79. The number of carbonyl (C=O) groups is 3. The van der Waals surface area contributed by atoms with Crippen LogP contribution < -0.4 is 15.8 Å². The van der Waals surface area contributed by atoms with Gasteiger partial charge in [0.05, 0.1) is 18.3 Å². The number of β-amino-alcohol motifs (C(OH)–C–C–N with tert-alkyl or cyclic N) is 1. The van der Waals surface area contributed by atoms with Crippen LogP contribution in [0.3, 0.4) is 0 Å². The third-order valence-corrected chi connectivity index (χ3v) is 8.99. The SMILES string of the molecule is NCc1ccc(Cl)cc1CNC(=O)C1CCCN1C(=O)C(CC(=O)N1CCC(O)C1)NS(=O)(=O)Cc1ccccc1. The average molecular weight is 606 g/mol. The van der Waals surface area contributed by atoms with Gasteiger partial charge in [0.1, 0.15) is 12.1 Å². The predicted octanol–water partition coefficient (Wildman–Crippen LogP) is 0.877. The van der Waals surface area contributed by atoms with E-state index in [1.165, 1.54) is 9.80 Å². The van der Waals surface area contributed by atoms with Crippen LogP contribution in [0.15, 0.2) is 48.5 Å². The second kappa shape index (κ2) is 13.8. The topological polar surface area (TPSA) is 162 Å². The fraction of sp³-hybridized carbons (Fsp3) is 0.464. The van der Waals surface area contributed by atoms with Gasteiger partial charge in [-0.15, -0.1) is 0 Å². The van der Waals surface area contributed by atoms with E-state index in [9.17, 15) is 27.9 Å². The molecular formula is C28H36ClN5O6S. The van der Waals surface area contributed by atoms with E-state index < -0.39 is 52.4 Å². The molecule has 222 valence electrons. The number of hydrogen-bond donors (Lipinski definition) is 4. The number of sulfonamides is 1. The van der Waals surface area contributed by atoms with Crippen LogP contribution in [0.1, 0.15) is 42.4 Å². The minimum atomic E-state index is -4.03. The zero-order valence-electron chi connectivity index (χ0n) is 22.7. The van der Waals surface area contributed by atoms with Gasteiger partial charge >= 0.3 is 0 Å². The van der Waals surface area contributed by atoms with Crippen LogP contribution in [0.5, 0.6) is 0 Å². The Bertz CT molecular complexity index is 1360. The number of nitrogens with one attached hydrogen (secondary N) is 2. The van der Waals surface area contributed by atoms with Crippen LogP contribution in [0.25, 0.3) is 0 Å². The molecule has 11 nitrogen and oxygen atoms in total. The van der Waals surface area contributed by atoms with Gasteiger partial charge in [-0.05, 0) is 48.1 Å². The maximum atomic E-state index is 13.8. The van der Waals surface area contributed by atoms with Crippen molar-refractivity contribution in [2.75, 3.05) is 19.6 Å². The first-order valence-corrected chi connectivity index (χ1v) is 15.6.